The van der Waals surface area contributed by atoms with E-state index in [0.717, 1.165) is 12.8 Å². The van der Waals surface area contributed by atoms with Gasteiger partial charge in [-0.15, -0.1) is 0 Å². The molecule has 1 atom stereocenters. The number of likely N-dealkylation sites (tertiary alicyclic amines) is 1. The Morgan fingerprint density at radius 1 is 1.29 bits per heavy atom. The molecular weight excluding hydrogens is 268 g/mol. The summed E-state index contributed by atoms with van der Waals surface area (Å²) in [4.78, 5) is 26.1. The summed E-state index contributed by atoms with van der Waals surface area (Å²) in [5.74, 6) is -1.42. The lowest BCUT2D eigenvalue weighted by Crippen LogP contribution is -2.37. The quantitative estimate of drug-likeness (QED) is 0.613. The minimum Gasteiger partial charge on any atom is -0.494 e. The van der Waals surface area contributed by atoms with E-state index in [1.165, 1.54) is 0 Å². The van der Waals surface area contributed by atoms with Gasteiger partial charge in [-0.2, -0.15) is 5.26 Å². The van der Waals surface area contributed by atoms with Gasteiger partial charge in [0.25, 0.3) is 0 Å². The van der Waals surface area contributed by atoms with Gasteiger partial charge >= 0.3 is 0 Å². The molecule has 1 heterocycles. The number of benzene rings is 1. The van der Waals surface area contributed by atoms with E-state index in [1.54, 1.807) is 29.2 Å². The van der Waals surface area contributed by atoms with Crippen molar-refractivity contribution in [3.8, 4) is 11.8 Å². The Hall–Kier alpha value is -2.35. The summed E-state index contributed by atoms with van der Waals surface area (Å²) < 4.78 is 5.30. The van der Waals surface area contributed by atoms with Gasteiger partial charge < -0.3 is 9.64 Å². The molecule has 0 bridgehead atoms. The third-order valence-electron chi connectivity index (χ3n) is 3.51. The van der Waals surface area contributed by atoms with Gasteiger partial charge in [-0.3, -0.25) is 9.59 Å². The maximum Gasteiger partial charge on any atom is 0.247 e. The number of ether oxygens (including phenoxy) is 1. The lowest BCUT2D eigenvalue weighted by molar-refractivity contribution is -0.131. The van der Waals surface area contributed by atoms with E-state index in [0.29, 0.717) is 31.0 Å². The number of amides is 1. The van der Waals surface area contributed by atoms with Gasteiger partial charge in [-0.05, 0) is 44.0 Å². The Balaban J connectivity index is 2.12. The zero-order valence-electron chi connectivity index (χ0n) is 12.0. The number of hydrogen-bond donors (Lipinski definition) is 0. The van der Waals surface area contributed by atoms with Crippen molar-refractivity contribution in [3.63, 3.8) is 0 Å². The van der Waals surface area contributed by atoms with Crippen molar-refractivity contribution in [2.24, 2.45) is 5.92 Å². The van der Waals surface area contributed by atoms with Crippen molar-refractivity contribution in [1.29, 1.82) is 5.26 Å². The largest absolute Gasteiger partial charge is 0.494 e. The molecule has 1 aromatic carbocycles. The third kappa shape index (κ3) is 3.40. The van der Waals surface area contributed by atoms with Crippen LogP contribution in [0.2, 0.25) is 0 Å². The molecule has 0 radical (unpaired) electrons. The fourth-order valence-electron chi connectivity index (χ4n) is 2.39. The molecule has 1 saturated heterocycles. The van der Waals surface area contributed by atoms with Crippen LogP contribution < -0.4 is 4.74 Å². The van der Waals surface area contributed by atoms with Crippen LogP contribution in [0.3, 0.4) is 0 Å². The molecule has 21 heavy (non-hydrogen) atoms. The first kappa shape index (κ1) is 15.0. The highest BCUT2D eigenvalue weighted by Gasteiger charge is 2.32. The summed E-state index contributed by atoms with van der Waals surface area (Å²) in [5, 5.41) is 9.18. The van der Waals surface area contributed by atoms with Crippen LogP contribution in [0.4, 0.5) is 0 Å². The minimum atomic E-state index is -1.25. The second-order valence-corrected chi connectivity index (χ2v) is 4.92. The monoisotopic (exact) mass is 286 g/mol. The van der Waals surface area contributed by atoms with Crippen molar-refractivity contribution >= 4 is 11.7 Å². The standard InChI is InChI=1S/C16H18N2O3/c1-2-21-13-7-5-12(6-8-13)15(19)14(11-17)16(20)18-9-3-4-10-18/h5-8,14H,2-4,9-10H2,1H3/t14-/m0/s1. The van der Waals surface area contributed by atoms with Gasteiger partial charge in [0.2, 0.25) is 5.91 Å². The van der Waals surface area contributed by atoms with Gasteiger partial charge in [-0.25, -0.2) is 0 Å². The molecule has 1 aromatic rings. The molecule has 5 nitrogen and oxygen atoms in total. The van der Waals surface area contributed by atoms with E-state index in [-0.39, 0.29) is 5.91 Å². The first-order valence-corrected chi connectivity index (χ1v) is 7.13. The van der Waals surface area contributed by atoms with E-state index >= 15 is 0 Å². The second kappa shape index (κ2) is 6.89. The molecule has 110 valence electrons. The fourth-order valence-corrected chi connectivity index (χ4v) is 2.39. The molecule has 0 spiro atoms. The van der Waals surface area contributed by atoms with Crippen LogP contribution in [-0.4, -0.2) is 36.3 Å². The summed E-state index contributed by atoms with van der Waals surface area (Å²) in [5.41, 5.74) is 0.359. The zero-order valence-corrected chi connectivity index (χ0v) is 12.0. The lowest BCUT2D eigenvalue weighted by atomic mass is 9.97. The Bertz CT molecular complexity index is 554. The zero-order chi connectivity index (χ0) is 15.2. The molecule has 5 heteroatoms. The van der Waals surface area contributed by atoms with E-state index in [2.05, 4.69) is 0 Å². The van der Waals surface area contributed by atoms with Gasteiger partial charge in [0.1, 0.15) is 5.75 Å². The molecule has 1 aliphatic heterocycles. The predicted octanol–water partition coefficient (Wildman–Crippen LogP) is 2.03. The number of nitriles is 1. The van der Waals surface area contributed by atoms with Gasteiger partial charge in [-0.1, -0.05) is 0 Å². The number of rotatable bonds is 5. The summed E-state index contributed by atoms with van der Waals surface area (Å²) in [6, 6.07) is 8.37. The minimum absolute atomic E-state index is 0.359. The maximum atomic E-state index is 12.3. The van der Waals surface area contributed by atoms with Gasteiger partial charge in [0, 0.05) is 18.7 Å². The van der Waals surface area contributed by atoms with E-state index < -0.39 is 11.7 Å². The van der Waals surface area contributed by atoms with Crippen molar-refractivity contribution < 1.29 is 14.3 Å². The van der Waals surface area contributed by atoms with Crippen LogP contribution in [0.5, 0.6) is 5.75 Å². The molecule has 0 saturated carbocycles. The van der Waals surface area contributed by atoms with Crippen molar-refractivity contribution in [1.82, 2.24) is 4.90 Å². The Kier molecular flexibility index (Phi) is 4.94. The molecule has 0 unspecified atom stereocenters. The van der Waals surface area contributed by atoms with Crippen molar-refractivity contribution in [2.45, 2.75) is 19.8 Å². The molecule has 1 amide bonds. The molecule has 2 rings (SSSR count). The second-order valence-electron chi connectivity index (χ2n) is 4.92. The average molecular weight is 286 g/mol. The average Bonchev–Trinajstić information content (AvgIpc) is 3.03. The van der Waals surface area contributed by atoms with Crippen LogP contribution in [-0.2, 0) is 4.79 Å². The SMILES string of the molecule is CCOc1ccc(C(=O)[C@H](C#N)C(=O)N2CCCC2)cc1. The number of carbonyl (C=O) groups is 2. The van der Waals surface area contributed by atoms with Crippen LogP contribution in [0.25, 0.3) is 0 Å². The van der Waals surface area contributed by atoms with Crippen molar-refractivity contribution in [2.75, 3.05) is 19.7 Å². The third-order valence-corrected chi connectivity index (χ3v) is 3.51. The summed E-state index contributed by atoms with van der Waals surface area (Å²) in [7, 11) is 0. The summed E-state index contributed by atoms with van der Waals surface area (Å²) in [6.45, 7) is 3.68. The van der Waals surface area contributed by atoms with Crippen LogP contribution >= 0.6 is 0 Å². The van der Waals surface area contributed by atoms with Crippen LogP contribution in [0.15, 0.2) is 24.3 Å². The number of carbonyl (C=O) groups excluding carboxylic acids is 2. The molecule has 0 aromatic heterocycles. The number of hydrogen-bond acceptors (Lipinski definition) is 4. The van der Waals surface area contributed by atoms with Gasteiger partial charge in [0.15, 0.2) is 11.7 Å². The van der Waals surface area contributed by atoms with Crippen LogP contribution in [0.1, 0.15) is 30.1 Å². The summed E-state index contributed by atoms with van der Waals surface area (Å²) in [6.07, 6.45) is 1.86. The highest BCUT2D eigenvalue weighted by atomic mass is 16.5. The molecule has 1 aliphatic rings. The Morgan fingerprint density at radius 3 is 2.43 bits per heavy atom. The highest BCUT2D eigenvalue weighted by molar-refractivity contribution is 6.12. The molecular formula is C16H18N2O3. The molecule has 0 N–H and O–H groups in total. The Labute approximate surface area is 124 Å². The predicted molar refractivity (Wildman–Crippen MR) is 76.9 cm³/mol. The first-order valence-electron chi connectivity index (χ1n) is 7.13. The molecule has 1 fully saturated rings. The lowest BCUT2D eigenvalue weighted by Gasteiger charge is -2.18. The number of nitrogens with zero attached hydrogens (tertiary/aromatic N) is 2. The van der Waals surface area contributed by atoms with E-state index in [4.69, 9.17) is 4.74 Å². The topological polar surface area (TPSA) is 70.4 Å². The van der Waals surface area contributed by atoms with Crippen LogP contribution in [0, 0.1) is 17.2 Å². The highest BCUT2D eigenvalue weighted by Crippen LogP contribution is 2.18. The fraction of sp³-hybridized carbons (Fsp3) is 0.438. The smallest absolute Gasteiger partial charge is 0.247 e. The van der Waals surface area contributed by atoms with Crippen molar-refractivity contribution in [3.05, 3.63) is 29.8 Å². The normalized spacial score (nSPS) is 15.3. The van der Waals surface area contributed by atoms with E-state index in [9.17, 15) is 14.9 Å². The maximum absolute atomic E-state index is 12.3. The van der Waals surface area contributed by atoms with E-state index in [1.807, 2.05) is 13.0 Å². The van der Waals surface area contributed by atoms with Gasteiger partial charge in [0.05, 0.1) is 12.7 Å². The first-order chi connectivity index (χ1) is 10.2. The number of Topliss-reactive ketones (excluding diaryl/α,β-unsaturated/α-hetero) is 1. The summed E-state index contributed by atoms with van der Waals surface area (Å²) >= 11 is 0. The molecule has 0 aliphatic carbocycles. The Morgan fingerprint density at radius 2 is 1.90 bits per heavy atom. The number of ketones is 1.